The molecule has 1 saturated heterocycles. The molecule has 0 saturated carbocycles. The van der Waals surface area contributed by atoms with Crippen molar-refractivity contribution in [2.24, 2.45) is 0 Å². The Morgan fingerprint density at radius 3 is 2.84 bits per heavy atom. The molecule has 102 valence electrons. The van der Waals surface area contributed by atoms with E-state index >= 15 is 0 Å². The van der Waals surface area contributed by atoms with Crippen molar-refractivity contribution < 1.29 is 19.6 Å². The van der Waals surface area contributed by atoms with E-state index in [1.165, 1.54) is 18.2 Å². The minimum atomic E-state index is -0.970. The second-order valence-electron chi connectivity index (χ2n) is 4.34. The zero-order valence-corrected chi connectivity index (χ0v) is 10.2. The van der Waals surface area contributed by atoms with Gasteiger partial charge in [0.05, 0.1) is 17.4 Å². The molecule has 0 amide bonds. The Morgan fingerprint density at radius 1 is 1.58 bits per heavy atom. The van der Waals surface area contributed by atoms with Gasteiger partial charge in [-0.25, -0.2) is 0 Å². The van der Waals surface area contributed by atoms with Crippen LogP contribution < -0.4 is 5.32 Å². The lowest BCUT2D eigenvalue weighted by Crippen LogP contribution is -2.33. The van der Waals surface area contributed by atoms with Crippen LogP contribution in [-0.4, -0.2) is 35.3 Å². The number of benzene rings is 1. The Labute approximate surface area is 109 Å². The van der Waals surface area contributed by atoms with Crippen LogP contribution in [-0.2, 0) is 16.0 Å². The number of nitro groups is 1. The van der Waals surface area contributed by atoms with Gasteiger partial charge in [0.1, 0.15) is 5.69 Å². The molecule has 0 aliphatic carbocycles. The molecule has 7 nitrogen and oxygen atoms in total. The van der Waals surface area contributed by atoms with Crippen LogP contribution in [0.4, 0.5) is 11.4 Å². The third-order valence-corrected chi connectivity index (χ3v) is 2.93. The molecule has 1 aliphatic rings. The van der Waals surface area contributed by atoms with Gasteiger partial charge in [-0.1, -0.05) is 6.07 Å². The highest BCUT2D eigenvalue weighted by Crippen LogP contribution is 2.26. The summed E-state index contributed by atoms with van der Waals surface area (Å²) in [5, 5.41) is 22.6. The lowest BCUT2D eigenvalue weighted by atomic mass is 10.1. The van der Waals surface area contributed by atoms with Gasteiger partial charge < -0.3 is 15.2 Å². The van der Waals surface area contributed by atoms with Crippen LogP contribution in [0.3, 0.4) is 0 Å². The Kier molecular flexibility index (Phi) is 3.96. The Hall–Kier alpha value is -2.15. The summed E-state index contributed by atoms with van der Waals surface area (Å²) < 4.78 is 5.22. The summed E-state index contributed by atoms with van der Waals surface area (Å²) in [4.78, 5) is 21.1. The second-order valence-corrected chi connectivity index (χ2v) is 4.34. The van der Waals surface area contributed by atoms with Crippen molar-refractivity contribution in [3.05, 3.63) is 33.9 Å². The average molecular weight is 266 g/mol. The summed E-state index contributed by atoms with van der Waals surface area (Å²) in [5.41, 5.74) is 0.794. The van der Waals surface area contributed by atoms with Gasteiger partial charge in [-0.15, -0.1) is 0 Å². The molecule has 2 N–H and O–H groups in total. The fourth-order valence-electron chi connectivity index (χ4n) is 1.84. The van der Waals surface area contributed by atoms with E-state index in [-0.39, 0.29) is 18.2 Å². The molecule has 0 spiro atoms. The first kappa shape index (κ1) is 13.3. The van der Waals surface area contributed by atoms with Gasteiger partial charge in [-0.3, -0.25) is 14.9 Å². The smallest absolute Gasteiger partial charge is 0.307 e. The number of hydrogen-bond acceptors (Lipinski definition) is 5. The molecule has 1 fully saturated rings. The zero-order valence-electron chi connectivity index (χ0n) is 10.2. The molecule has 1 aliphatic heterocycles. The summed E-state index contributed by atoms with van der Waals surface area (Å²) in [7, 11) is 0. The van der Waals surface area contributed by atoms with E-state index in [4.69, 9.17) is 9.84 Å². The molecule has 0 aromatic heterocycles. The predicted octanol–water partition coefficient (Wildman–Crippen LogP) is 1.42. The van der Waals surface area contributed by atoms with E-state index in [0.29, 0.717) is 24.4 Å². The van der Waals surface area contributed by atoms with E-state index in [0.717, 1.165) is 6.42 Å². The molecule has 1 aromatic rings. The maximum absolute atomic E-state index is 10.9. The first-order valence-electron chi connectivity index (χ1n) is 5.91. The van der Waals surface area contributed by atoms with Crippen LogP contribution in [0.5, 0.6) is 0 Å². The maximum atomic E-state index is 10.9. The highest BCUT2D eigenvalue weighted by Gasteiger charge is 2.20. The van der Waals surface area contributed by atoms with Crippen molar-refractivity contribution in [2.45, 2.75) is 18.9 Å². The van der Waals surface area contributed by atoms with Gasteiger partial charge in [-0.05, 0) is 18.1 Å². The molecule has 2 rings (SSSR count). The van der Waals surface area contributed by atoms with Crippen LogP contribution in [0, 0.1) is 10.1 Å². The van der Waals surface area contributed by atoms with E-state index in [1.54, 1.807) is 0 Å². The highest BCUT2D eigenvalue weighted by atomic mass is 16.6. The number of carboxylic acids is 1. The van der Waals surface area contributed by atoms with Crippen LogP contribution in [0.15, 0.2) is 18.2 Å². The Morgan fingerprint density at radius 2 is 2.32 bits per heavy atom. The number of aliphatic carboxylic acids is 1. The number of rotatable bonds is 6. The Balaban J connectivity index is 2.14. The molecule has 19 heavy (non-hydrogen) atoms. The molecule has 7 heteroatoms. The molecular weight excluding hydrogens is 252 g/mol. The van der Waals surface area contributed by atoms with Gasteiger partial charge in [0.2, 0.25) is 0 Å². The van der Waals surface area contributed by atoms with Gasteiger partial charge in [-0.2, -0.15) is 0 Å². The topological polar surface area (TPSA) is 102 Å². The van der Waals surface area contributed by atoms with Crippen molar-refractivity contribution >= 4 is 17.3 Å². The highest BCUT2D eigenvalue weighted by molar-refractivity contribution is 5.72. The predicted molar refractivity (Wildman–Crippen MR) is 67.3 cm³/mol. The first-order chi connectivity index (χ1) is 9.06. The van der Waals surface area contributed by atoms with Crippen LogP contribution in [0.25, 0.3) is 0 Å². The second kappa shape index (κ2) is 5.66. The van der Waals surface area contributed by atoms with Crippen molar-refractivity contribution in [3.63, 3.8) is 0 Å². The Bertz CT molecular complexity index is 499. The minimum Gasteiger partial charge on any atom is -0.481 e. The third kappa shape index (κ3) is 3.41. The van der Waals surface area contributed by atoms with Gasteiger partial charge in [0, 0.05) is 19.2 Å². The summed E-state index contributed by atoms with van der Waals surface area (Å²) >= 11 is 0. The van der Waals surface area contributed by atoms with Gasteiger partial charge in [0.25, 0.3) is 5.69 Å². The molecular formula is C12H14N2O5. The SMILES string of the molecule is O=C(O)Cc1ccc([N+](=O)[O-])c(NC[C@@H]2CCO2)c1. The van der Waals surface area contributed by atoms with E-state index in [1.807, 2.05) is 0 Å². The van der Waals surface area contributed by atoms with E-state index < -0.39 is 10.9 Å². The third-order valence-electron chi connectivity index (χ3n) is 2.93. The fraction of sp³-hybridized carbons (Fsp3) is 0.417. The molecule has 1 aromatic carbocycles. The summed E-state index contributed by atoms with van der Waals surface area (Å²) in [6, 6.07) is 4.28. The standard InChI is InChI=1S/C12H14N2O5/c15-12(16)6-8-1-2-11(14(17)18)10(5-8)13-7-9-3-4-19-9/h1-2,5,9,13H,3-4,6-7H2,(H,15,16)/t9-/m0/s1. The van der Waals surface area contributed by atoms with Crippen molar-refractivity contribution in [3.8, 4) is 0 Å². The number of carbonyl (C=O) groups is 1. The van der Waals surface area contributed by atoms with Crippen molar-refractivity contribution in [1.82, 2.24) is 0 Å². The fourth-order valence-corrected chi connectivity index (χ4v) is 1.84. The molecule has 0 radical (unpaired) electrons. The lowest BCUT2D eigenvalue weighted by molar-refractivity contribution is -0.384. The number of nitrogens with zero attached hydrogens (tertiary/aromatic N) is 1. The molecule has 0 unspecified atom stereocenters. The quantitative estimate of drug-likeness (QED) is 0.596. The monoisotopic (exact) mass is 266 g/mol. The number of nitro benzene ring substituents is 1. The summed E-state index contributed by atoms with van der Waals surface area (Å²) in [5.74, 6) is -0.970. The summed E-state index contributed by atoms with van der Waals surface area (Å²) in [6.45, 7) is 1.20. The summed E-state index contributed by atoms with van der Waals surface area (Å²) in [6.07, 6.45) is 0.838. The zero-order chi connectivity index (χ0) is 13.8. The molecule has 1 atom stereocenters. The minimum absolute atomic E-state index is 0.0616. The van der Waals surface area contributed by atoms with Gasteiger partial charge >= 0.3 is 5.97 Å². The largest absolute Gasteiger partial charge is 0.481 e. The van der Waals surface area contributed by atoms with Crippen molar-refractivity contribution in [2.75, 3.05) is 18.5 Å². The van der Waals surface area contributed by atoms with Crippen LogP contribution in [0.1, 0.15) is 12.0 Å². The number of hydrogen-bond donors (Lipinski definition) is 2. The van der Waals surface area contributed by atoms with Gasteiger partial charge in [0.15, 0.2) is 0 Å². The number of ether oxygens (including phenoxy) is 1. The first-order valence-corrected chi connectivity index (χ1v) is 5.91. The van der Waals surface area contributed by atoms with Crippen LogP contribution >= 0.6 is 0 Å². The normalized spacial score (nSPS) is 17.6. The average Bonchev–Trinajstić information content (AvgIpc) is 2.25. The lowest BCUT2D eigenvalue weighted by Gasteiger charge is -2.26. The maximum Gasteiger partial charge on any atom is 0.307 e. The number of nitrogens with one attached hydrogen (secondary N) is 1. The molecule has 0 bridgehead atoms. The molecule has 1 heterocycles. The number of anilines is 1. The van der Waals surface area contributed by atoms with Crippen LogP contribution in [0.2, 0.25) is 0 Å². The van der Waals surface area contributed by atoms with E-state index in [2.05, 4.69) is 5.32 Å². The number of carboxylic acid groups (broad SMARTS) is 1. The van der Waals surface area contributed by atoms with E-state index in [9.17, 15) is 14.9 Å². The van der Waals surface area contributed by atoms with Crippen molar-refractivity contribution in [1.29, 1.82) is 0 Å².